The van der Waals surface area contributed by atoms with Crippen molar-refractivity contribution in [2.24, 2.45) is 0 Å². The van der Waals surface area contributed by atoms with E-state index in [1.807, 2.05) is 6.07 Å². The number of carbonyl (C=O) groups excluding carboxylic acids is 1. The molecule has 0 saturated carbocycles. The van der Waals surface area contributed by atoms with Crippen LogP contribution in [0, 0.1) is 0 Å². The first-order valence-corrected chi connectivity index (χ1v) is 8.54. The third-order valence-corrected chi connectivity index (χ3v) is 4.21. The van der Waals surface area contributed by atoms with E-state index < -0.39 is 12.1 Å². The number of carbonyl (C=O) groups is 1. The van der Waals surface area contributed by atoms with Crippen LogP contribution < -0.4 is 18.9 Å². The monoisotopic (exact) mass is 382 g/mol. The molecular formula is C19H14N2O7. The first-order valence-electron chi connectivity index (χ1n) is 8.54. The number of rotatable bonds is 4. The quantitative estimate of drug-likeness (QED) is 0.629. The third-order valence-electron chi connectivity index (χ3n) is 4.21. The summed E-state index contributed by atoms with van der Waals surface area (Å²) >= 11 is 0. The molecule has 0 N–H and O–H groups in total. The molecule has 0 saturated heterocycles. The van der Waals surface area contributed by atoms with Crippen molar-refractivity contribution in [3.63, 3.8) is 0 Å². The van der Waals surface area contributed by atoms with Crippen molar-refractivity contribution in [3.8, 4) is 34.4 Å². The molecule has 9 heteroatoms. The minimum atomic E-state index is -0.855. The number of para-hydroxylation sites is 2. The second-order valence-electron chi connectivity index (χ2n) is 6.05. The molecule has 9 nitrogen and oxygen atoms in total. The van der Waals surface area contributed by atoms with E-state index in [-0.39, 0.29) is 25.9 Å². The maximum absolute atomic E-state index is 12.2. The van der Waals surface area contributed by atoms with E-state index in [1.54, 1.807) is 36.4 Å². The van der Waals surface area contributed by atoms with Gasteiger partial charge < -0.3 is 28.2 Å². The Bertz CT molecular complexity index is 1030. The van der Waals surface area contributed by atoms with E-state index in [1.165, 1.54) is 0 Å². The molecular weight excluding hydrogens is 368 g/mol. The SMILES string of the molecule is O=C(OCc1nc(-c2ccc3c(c2)OCO3)no1)[C@H]1COc2ccccc2O1. The molecule has 0 aliphatic carbocycles. The maximum atomic E-state index is 12.2. The maximum Gasteiger partial charge on any atom is 0.351 e. The normalized spacial score (nSPS) is 16.6. The first kappa shape index (κ1) is 16.4. The summed E-state index contributed by atoms with van der Waals surface area (Å²) in [7, 11) is 0. The molecule has 1 atom stereocenters. The topological polar surface area (TPSA) is 102 Å². The summed E-state index contributed by atoms with van der Waals surface area (Å²) in [5.74, 6) is 2.32. The van der Waals surface area contributed by atoms with Crippen LogP contribution >= 0.6 is 0 Å². The van der Waals surface area contributed by atoms with Gasteiger partial charge in [0.05, 0.1) is 0 Å². The van der Waals surface area contributed by atoms with Gasteiger partial charge in [0.15, 0.2) is 29.6 Å². The number of hydrogen-bond donors (Lipinski definition) is 0. The number of fused-ring (bicyclic) bond motifs is 2. The standard InChI is InChI=1S/C19H14N2O7/c22-19(16-8-23-12-3-1-2-4-14(12)27-16)24-9-17-20-18(21-28-17)11-5-6-13-15(7-11)26-10-25-13/h1-7,16H,8-10H2/t16-/m1/s1. The predicted octanol–water partition coefficient (Wildman–Crippen LogP) is 2.35. The lowest BCUT2D eigenvalue weighted by Gasteiger charge is -2.24. The zero-order chi connectivity index (χ0) is 18.9. The van der Waals surface area contributed by atoms with Gasteiger partial charge in [-0.05, 0) is 30.3 Å². The van der Waals surface area contributed by atoms with Gasteiger partial charge in [0.2, 0.25) is 18.7 Å². The second kappa shape index (κ2) is 6.76. The Kier molecular flexibility index (Phi) is 3.97. The van der Waals surface area contributed by atoms with Crippen molar-refractivity contribution >= 4 is 5.97 Å². The minimum Gasteiger partial charge on any atom is -0.485 e. The Hall–Kier alpha value is -3.75. The van der Waals surface area contributed by atoms with E-state index in [0.29, 0.717) is 34.4 Å². The minimum absolute atomic E-state index is 0.0716. The number of benzene rings is 2. The first-order chi connectivity index (χ1) is 13.8. The van der Waals surface area contributed by atoms with E-state index in [0.717, 1.165) is 0 Å². The summed E-state index contributed by atoms with van der Waals surface area (Å²) in [6.45, 7) is 0.0870. The van der Waals surface area contributed by atoms with Crippen molar-refractivity contribution < 1.29 is 33.0 Å². The van der Waals surface area contributed by atoms with E-state index in [9.17, 15) is 4.79 Å². The van der Waals surface area contributed by atoms with E-state index >= 15 is 0 Å². The van der Waals surface area contributed by atoms with Crippen LogP contribution in [0.5, 0.6) is 23.0 Å². The van der Waals surface area contributed by atoms with Gasteiger partial charge in [0.25, 0.3) is 5.89 Å². The Morgan fingerprint density at radius 1 is 1.04 bits per heavy atom. The summed E-state index contributed by atoms with van der Waals surface area (Å²) in [4.78, 5) is 16.5. The van der Waals surface area contributed by atoms with E-state index in [4.69, 9.17) is 28.2 Å². The molecule has 3 aromatic rings. The number of nitrogens with zero attached hydrogens (tertiary/aromatic N) is 2. The molecule has 0 radical (unpaired) electrons. The number of ether oxygens (including phenoxy) is 5. The highest BCUT2D eigenvalue weighted by atomic mass is 16.7. The fraction of sp³-hybridized carbons (Fsp3) is 0.211. The lowest BCUT2D eigenvalue weighted by molar-refractivity contribution is -0.156. The number of aromatic nitrogens is 2. The van der Waals surface area contributed by atoms with Crippen molar-refractivity contribution in [1.82, 2.24) is 10.1 Å². The van der Waals surface area contributed by atoms with Crippen LogP contribution in [0.25, 0.3) is 11.4 Å². The lowest BCUT2D eigenvalue weighted by atomic mass is 10.2. The number of esters is 1. The smallest absolute Gasteiger partial charge is 0.351 e. The van der Waals surface area contributed by atoms with Crippen LogP contribution in [0.4, 0.5) is 0 Å². The molecule has 2 aliphatic heterocycles. The van der Waals surface area contributed by atoms with Crippen LogP contribution in [0.3, 0.4) is 0 Å². The molecule has 0 bridgehead atoms. The average Bonchev–Trinajstić information content (AvgIpc) is 3.40. The molecule has 2 aromatic carbocycles. The molecule has 0 spiro atoms. The van der Waals surface area contributed by atoms with Crippen molar-refractivity contribution in [3.05, 3.63) is 48.4 Å². The van der Waals surface area contributed by atoms with Gasteiger partial charge in [0, 0.05) is 5.56 Å². The lowest BCUT2D eigenvalue weighted by Crippen LogP contribution is -2.37. The fourth-order valence-corrected chi connectivity index (χ4v) is 2.83. The van der Waals surface area contributed by atoms with Crippen molar-refractivity contribution in [1.29, 1.82) is 0 Å². The highest BCUT2D eigenvalue weighted by Gasteiger charge is 2.29. The highest BCUT2D eigenvalue weighted by Crippen LogP contribution is 2.35. The Morgan fingerprint density at radius 2 is 1.86 bits per heavy atom. The van der Waals surface area contributed by atoms with Gasteiger partial charge in [-0.2, -0.15) is 4.98 Å². The zero-order valence-corrected chi connectivity index (χ0v) is 14.5. The summed E-state index contributed by atoms with van der Waals surface area (Å²) in [5, 5.41) is 3.90. The molecule has 0 unspecified atom stereocenters. The van der Waals surface area contributed by atoms with Crippen LogP contribution in [-0.4, -0.2) is 35.6 Å². The Balaban J connectivity index is 1.21. The molecule has 28 heavy (non-hydrogen) atoms. The molecule has 142 valence electrons. The Labute approximate surface area is 158 Å². The van der Waals surface area contributed by atoms with Gasteiger partial charge in [-0.1, -0.05) is 17.3 Å². The molecule has 5 rings (SSSR count). The second-order valence-corrected chi connectivity index (χ2v) is 6.05. The fourth-order valence-electron chi connectivity index (χ4n) is 2.83. The molecule has 0 amide bonds. The van der Waals surface area contributed by atoms with Crippen LogP contribution in [0.1, 0.15) is 5.89 Å². The molecule has 0 fully saturated rings. The summed E-state index contributed by atoms with van der Waals surface area (Å²) < 4.78 is 32.1. The number of hydrogen-bond acceptors (Lipinski definition) is 9. The summed E-state index contributed by atoms with van der Waals surface area (Å²) in [6.07, 6.45) is -0.855. The van der Waals surface area contributed by atoms with Gasteiger partial charge >= 0.3 is 5.97 Å². The molecule has 2 aliphatic rings. The van der Waals surface area contributed by atoms with Gasteiger partial charge in [-0.3, -0.25) is 0 Å². The van der Waals surface area contributed by atoms with E-state index in [2.05, 4.69) is 10.1 Å². The third kappa shape index (κ3) is 3.07. The zero-order valence-electron chi connectivity index (χ0n) is 14.5. The van der Waals surface area contributed by atoms with Gasteiger partial charge in [-0.25, -0.2) is 4.79 Å². The van der Waals surface area contributed by atoms with Crippen LogP contribution in [0.2, 0.25) is 0 Å². The largest absolute Gasteiger partial charge is 0.485 e. The van der Waals surface area contributed by atoms with Gasteiger partial charge in [0.1, 0.15) is 6.61 Å². The van der Waals surface area contributed by atoms with Crippen LogP contribution in [-0.2, 0) is 16.1 Å². The summed E-state index contributed by atoms with van der Waals surface area (Å²) in [5.41, 5.74) is 0.700. The predicted molar refractivity (Wildman–Crippen MR) is 92.0 cm³/mol. The van der Waals surface area contributed by atoms with Crippen molar-refractivity contribution in [2.45, 2.75) is 12.7 Å². The average molecular weight is 382 g/mol. The summed E-state index contributed by atoms with van der Waals surface area (Å²) in [6, 6.07) is 12.4. The van der Waals surface area contributed by atoms with Crippen LogP contribution in [0.15, 0.2) is 47.0 Å². The van der Waals surface area contributed by atoms with Gasteiger partial charge in [-0.15, -0.1) is 0 Å². The van der Waals surface area contributed by atoms with Crippen molar-refractivity contribution in [2.75, 3.05) is 13.4 Å². The Morgan fingerprint density at radius 3 is 2.79 bits per heavy atom. The molecule has 1 aromatic heterocycles. The highest BCUT2D eigenvalue weighted by molar-refractivity contribution is 5.76. The molecule has 3 heterocycles.